The molecule has 0 spiro atoms. The van der Waals surface area contributed by atoms with Crippen LogP contribution in [-0.2, 0) is 10.2 Å². The number of rotatable bonds is 4. The molecular weight excluding hydrogens is 419 g/mol. The van der Waals surface area contributed by atoms with Gasteiger partial charge in [-0.2, -0.15) is 13.2 Å². The van der Waals surface area contributed by atoms with Gasteiger partial charge in [0.2, 0.25) is 5.91 Å². The number of carbonyl (C=O) groups excluding carboxylic acids is 2. The van der Waals surface area contributed by atoms with Gasteiger partial charge in [0, 0.05) is 12.7 Å². The summed E-state index contributed by atoms with van der Waals surface area (Å²) >= 11 is 1.16. The van der Waals surface area contributed by atoms with Crippen molar-refractivity contribution in [2.75, 3.05) is 11.9 Å². The molecule has 2 fully saturated rings. The minimum Gasteiger partial charge on any atom is -0.368 e. The lowest BCUT2D eigenvalue weighted by Gasteiger charge is -2.21. The van der Waals surface area contributed by atoms with E-state index in [2.05, 4.69) is 15.3 Å². The third-order valence-electron chi connectivity index (χ3n) is 5.66. The van der Waals surface area contributed by atoms with Crippen LogP contribution in [0.2, 0.25) is 0 Å². The normalized spacial score (nSPS) is 20.3. The highest BCUT2D eigenvalue weighted by Crippen LogP contribution is 2.58. The zero-order valence-corrected chi connectivity index (χ0v) is 16.9. The number of nitrogens with one attached hydrogen (secondary N) is 1. The molecule has 3 N–H and O–H groups in total. The number of likely N-dealkylation sites (tertiary alicyclic amines) is 1. The number of pyridine rings is 1. The molecule has 4 rings (SSSR count). The van der Waals surface area contributed by atoms with Crippen LogP contribution in [0.3, 0.4) is 0 Å². The first-order valence-corrected chi connectivity index (χ1v) is 10.3. The van der Waals surface area contributed by atoms with Crippen LogP contribution in [0.1, 0.15) is 37.1 Å². The van der Waals surface area contributed by atoms with Gasteiger partial charge in [0.05, 0.1) is 16.3 Å². The highest BCUT2D eigenvalue weighted by Gasteiger charge is 2.65. The Morgan fingerprint density at radius 3 is 2.73 bits per heavy atom. The molecule has 2 aromatic rings. The van der Waals surface area contributed by atoms with Crippen molar-refractivity contribution in [2.45, 2.75) is 50.2 Å². The fraction of sp³-hybridized carbons (Fsp3) is 0.474. The Balaban J connectivity index is 1.56. The summed E-state index contributed by atoms with van der Waals surface area (Å²) in [6, 6.07) is 1.97. The predicted octanol–water partition coefficient (Wildman–Crippen LogP) is 3.59. The summed E-state index contributed by atoms with van der Waals surface area (Å²) in [5.74, 6) is -0.554. The average molecular weight is 439 g/mol. The Morgan fingerprint density at radius 1 is 1.37 bits per heavy atom. The van der Waals surface area contributed by atoms with Crippen LogP contribution in [-0.4, -0.2) is 45.6 Å². The van der Waals surface area contributed by atoms with Crippen molar-refractivity contribution in [3.05, 3.63) is 29.7 Å². The molecule has 160 valence electrons. The van der Waals surface area contributed by atoms with Crippen molar-refractivity contribution < 1.29 is 22.8 Å². The Labute approximate surface area is 174 Å². The number of anilines is 1. The van der Waals surface area contributed by atoms with Gasteiger partial charge in [-0.1, -0.05) is 11.3 Å². The molecule has 1 atom stereocenters. The molecule has 3 heterocycles. The second kappa shape index (κ2) is 7.22. The lowest BCUT2D eigenvalue weighted by atomic mass is 9.99. The Kier molecular flexibility index (Phi) is 4.95. The van der Waals surface area contributed by atoms with Gasteiger partial charge in [0.25, 0.3) is 0 Å². The van der Waals surface area contributed by atoms with Crippen molar-refractivity contribution in [3.8, 4) is 10.4 Å². The summed E-state index contributed by atoms with van der Waals surface area (Å²) in [4.78, 5) is 34.4. The van der Waals surface area contributed by atoms with Gasteiger partial charge in [-0.05, 0) is 50.3 Å². The fourth-order valence-electron chi connectivity index (χ4n) is 3.83. The summed E-state index contributed by atoms with van der Waals surface area (Å²) < 4.78 is 40.3. The molecule has 2 aliphatic rings. The smallest absolute Gasteiger partial charge is 0.368 e. The number of carbonyl (C=O) groups is 2. The van der Waals surface area contributed by atoms with E-state index in [1.54, 1.807) is 13.0 Å². The van der Waals surface area contributed by atoms with Gasteiger partial charge in [-0.3, -0.25) is 15.1 Å². The Bertz CT molecular complexity index is 1000. The maximum atomic E-state index is 13.4. The van der Waals surface area contributed by atoms with Gasteiger partial charge in [0.15, 0.2) is 5.13 Å². The van der Waals surface area contributed by atoms with Gasteiger partial charge in [-0.25, -0.2) is 9.78 Å². The molecule has 2 aromatic heterocycles. The van der Waals surface area contributed by atoms with E-state index in [4.69, 9.17) is 5.73 Å². The number of aromatic nitrogens is 2. The topological polar surface area (TPSA) is 101 Å². The second-order valence-corrected chi connectivity index (χ2v) is 8.63. The number of urea groups is 1. The molecule has 3 amide bonds. The minimum absolute atomic E-state index is 0.00672. The lowest BCUT2D eigenvalue weighted by Crippen LogP contribution is -2.45. The minimum atomic E-state index is -4.34. The summed E-state index contributed by atoms with van der Waals surface area (Å²) in [7, 11) is 0. The average Bonchev–Trinajstić information content (AvgIpc) is 3.22. The summed E-state index contributed by atoms with van der Waals surface area (Å²) in [6.45, 7) is 2.14. The molecule has 1 saturated carbocycles. The Morgan fingerprint density at radius 2 is 2.10 bits per heavy atom. The number of aryl methyl sites for hydroxylation is 1. The van der Waals surface area contributed by atoms with E-state index < -0.39 is 29.6 Å². The maximum absolute atomic E-state index is 13.4. The monoisotopic (exact) mass is 439 g/mol. The number of amides is 3. The van der Waals surface area contributed by atoms with Crippen molar-refractivity contribution in [1.29, 1.82) is 0 Å². The summed E-state index contributed by atoms with van der Waals surface area (Å²) in [6.07, 6.45) is -1.70. The molecule has 0 radical (unpaired) electrons. The second-order valence-electron chi connectivity index (χ2n) is 7.63. The summed E-state index contributed by atoms with van der Waals surface area (Å²) in [5.41, 5.74) is 4.64. The molecule has 11 heteroatoms. The molecule has 0 bridgehead atoms. The largest absolute Gasteiger partial charge is 0.399 e. The van der Waals surface area contributed by atoms with Gasteiger partial charge >= 0.3 is 12.2 Å². The first kappa shape index (κ1) is 20.6. The molecule has 0 aromatic carbocycles. The SMILES string of the molecule is Cc1nc(NC(=O)N2CCCC2C(N)=O)sc1-c1ccnc(C2(C(F)(F)F)CC2)c1. The molecule has 1 aliphatic carbocycles. The van der Waals surface area contributed by atoms with Gasteiger partial charge in [-0.15, -0.1) is 0 Å². The maximum Gasteiger partial charge on any atom is 0.399 e. The first-order valence-electron chi connectivity index (χ1n) is 9.50. The standard InChI is InChI=1S/C19H20F3N5O2S/c1-10-14(11-4-7-24-13(9-11)18(5-6-18)19(20,21)22)30-16(25-10)26-17(29)27-8-2-3-12(27)15(23)28/h4,7,9,12H,2-3,5-6,8H2,1H3,(H2,23,28)(H,25,26,29). The van der Waals surface area contributed by atoms with Crippen molar-refractivity contribution in [3.63, 3.8) is 0 Å². The van der Waals surface area contributed by atoms with E-state index in [0.29, 0.717) is 40.7 Å². The van der Waals surface area contributed by atoms with Crippen LogP contribution in [0, 0.1) is 6.92 Å². The van der Waals surface area contributed by atoms with E-state index >= 15 is 0 Å². The third kappa shape index (κ3) is 3.51. The highest BCUT2D eigenvalue weighted by atomic mass is 32.1. The Hall–Kier alpha value is -2.69. The molecule has 30 heavy (non-hydrogen) atoms. The van der Waals surface area contributed by atoms with Crippen molar-refractivity contribution in [1.82, 2.24) is 14.9 Å². The van der Waals surface area contributed by atoms with Gasteiger partial charge in [0.1, 0.15) is 11.5 Å². The van der Waals surface area contributed by atoms with E-state index in [1.807, 2.05) is 0 Å². The number of thiazole rings is 1. The number of nitrogens with zero attached hydrogens (tertiary/aromatic N) is 3. The molecule has 1 unspecified atom stereocenters. The number of nitrogens with two attached hydrogens (primary N) is 1. The lowest BCUT2D eigenvalue weighted by molar-refractivity contribution is -0.161. The highest BCUT2D eigenvalue weighted by molar-refractivity contribution is 7.19. The molecule has 7 nitrogen and oxygen atoms in total. The van der Waals surface area contributed by atoms with E-state index in [0.717, 1.165) is 11.3 Å². The predicted molar refractivity (Wildman–Crippen MR) is 105 cm³/mol. The third-order valence-corrected chi connectivity index (χ3v) is 6.78. The van der Waals surface area contributed by atoms with Crippen molar-refractivity contribution >= 4 is 28.4 Å². The van der Waals surface area contributed by atoms with Crippen LogP contribution in [0.25, 0.3) is 10.4 Å². The molecular formula is C19H20F3N5O2S. The van der Waals surface area contributed by atoms with E-state index in [9.17, 15) is 22.8 Å². The van der Waals surface area contributed by atoms with Crippen LogP contribution >= 0.6 is 11.3 Å². The van der Waals surface area contributed by atoms with Crippen molar-refractivity contribution in [2.24, 2.45) is 5.73 Å². The summed E-state index contributed by atoms with van der Waals surface area (Å²) in [5, 5.41) is 2.98. The molecule has 1 aliphatic heterocycles. The number of halogens is 3. The van der Waals surface area contributed by atoms with Crippen LogP contribution in [0.5, 0.6) is 0 Å². The number of hydrogen-bond donors (Lipinski definition) is 2. The zero-order chi connectivity index (χ0) is 21.7. The van der Waals surface area contributed by atoms with E-state index in [1.165, 1.54) is 17.2 Å². The zero-order valence-electron chi connectivity index (χ0n) is 16.1. The number of hydrogen-bond acceptors (Lipinski definition) is 5. The van der Waals surface area contributed by atoms with E-state index in [-0.39, 0.29) is 18.5 Å². The van der Waals surface area contributed by atoms with Crippen LogP contribution < -0.4 is 11.1 Å². The van der Waals surface area contributed by atoms with Crippen LogP contribution in [0.15, 0.2) is 18.3 Å². The quantitative estimate of drug-likeness (QED) is 0.760. The van der Waals surface area contributed by atoms with Crippen LogP contribution in [0.4, 0.5) is 23.1 Å². The first-order chi connectivity index (χ1) is 14.1. The number of primary amides is 1. The molecule has 1 saturated heterocycles. The number of alkyl halides is 3. The van der Waals surface area contributed by atoms with Gasteiger partial charge < -0.3 is 10.6 Å². The fourth-order valence-corrected chi connectivity index (χ4v) is 4.78.